The smallest absolute Gasteiger partial charge is 0.243 e. The number of fused-ring (bicyclic) bond motifs is 1. The van der Waals surface area contributed by atoms with Crippen LogP contribution in [0.25, 0.3) is 0 Å². The maximum atomic E-state index is 12.9. The molecule has 2 aliphatic rings. The predicted molar refractivity (Wildman–Crippen MR) is 80.8 cm³/mol. The van der Waals surface area contributed by atoms with E-state index in [1.54, 1.807) is 19.1 Å². The van der Waals surface area contributed by atoms with Gasteiger partial charge in [-0.3, -0.25) is 4.79 Å². The standard InChI is InChI=1S/C15H20N2O4S/c1-10-14(15(16)18)17(7-8-21-10)22(19,20)13-6-5-11-3-2-4-12(11)9-13/h5-6,9-10,14H,2-4,7-8H2,1H3,(H2,16,18)/t10-,14+/m1/s1. The van der Waals surface area contributed by atoms with Gasteiger partial charge in [-0.2, -0.15) is 4.31 Å². The molecule has 1 aromatic carbocycles. The van der Waals surface area contributed by atoms with Crippen LogP contribution < -0.4 is 5.73 Å². The van der Waals surface area contributed by atoms with Crippen LogP contribution in [0.15, 0.2) is 23.1 Å². The zero-order chi connectivity index (χ0) is 15.9. The van der Waals surface area contributed by atoms with E-state index in [4.69, 9.17) is 10.5 Å². The number of hydrogen-bond acceptors (Lipinski definition) is 4. The summed E-state index contributed by atoms with van der Waals surface area (Å²) in [4.78, 5) is 11.9. The molecule has 6 nitrogen and oxygen atoms in total. The number of aryl methyl sites for hydroxylation is 2. The van der Waals surface area contributed by atoms with Crippen LogP contribution in [0.1, 0.15) is 24.5 Å². The topological polar surface area (TPSA) is 89.7 Å². The third-order valence-corrected chi connectivity index (χ3v) is 6.29. The lowest BCUT2D eigenvalue weighted by Crippen LogP contribution is -2.58. The van der Waals surface area contributed by atoms with E-state index in [2.05, 4.69) is 0 Å². The van der Waals surface area contributed by atoms with Crippen LogP contribution in [-0.2, 0) is 32.4 Å². The van der Waals surface area contributed by atoms with Crippen LogP contribution in [0.3, 0.4) is 0 Å². The SMILES string of the molecule is C[C@H]1OCCN(S(=O)(=O)c2ccc3c(c2)CCC3)[C@@H]1C(N)=O. The third-order valence-electron chi connectivity index (χ3n) is 4.42. The van der Waals surface area contributed by atoms with E-state index in [1.165, 1.54) is 9.87 Å². The second-order valence-corrected chi connectivity index (χ2v) is 7.71. The van der Waals surface area contributed by atoms with Crippen LogP contribution in [0.5, 0.6) is 0 Å². The van der Waals surface area contributed by atoms with Crippen molar-refractivity contribution in [1.29, 1.82) is 0 Å². The third kappa shape index (κ3) is 2.53. The molecule has 0 unspecified atom stereocenters. The first-order valence-corrected chi connectivity index (χ1v) is 8.90. The van der Waals surface area contributed by atoms with Crippen molar-refractivity contribution in [2.45, 2.75) is 43.2 Å². The fourth-order valence-electron chi connectivity index (χ4n) is 3.28. The summed E-state index contributed by atoms with van der Waals surface area (Å²) in [5.74, 6) is -0.683. The van der Waals surface area contributed by atoms with E-state index in [0.29, 0.717) is 0 Å². The van der Waals surface area contributed by atoms with Gasteiger partial charge in [0.1, 0.15) is 6.04 Å². The van der Waals surface area contributed by atoms with Crippen LogP contribution in [0, 0.1) is 0 Å². The molecule has 2 atom stereocenters. The van der Waals surface area contributed by atoms with Gasteiger partial charge in [-0.15, -0.1) is 0 Å². The average Bonchev–Trinajstić information content (AvgIpc) is 2.93. The van der Waals surface area contributed by atoms with E-state index >= 15 is 0 Å². The number of hydrogen-bond donors (Lipinski definition) is 1. The minimum absolute atomic E-state index is 0.136. The number of rotatable bonds is 3. The molecule has 1 amide bonds. The van der Waals surface area contributed by atoms with Gasteiger partial charge >= 0.3 is 0 Å². The van der Waals surface area contributed by atoms with Crippen molar-refractivity contribution in [3.05, 3.63) is 29.3 Å². The number of nitrogens with two attached hydrogens (primary N) is 1. The number of morpholine rings is 1. The zero-order valence-electron chi connectivity index (χ0n) is 12.5. The fourth-order valence-corrected chi connectivity index (χ4v) is 4.97. The number of sulfonamides is 1. The second kappa shape index (κ2) is 5.64. The van der Waals surface area contributed by atoms with Crippen LogP contribution >= 0.6 is 0 Å². The predicted octanol–water partition coefficient (Wildman–Crippen LogP) is 0.439. The molecule has 0 spiro atoms. The zero-order valence-corrected chi connectivity index (χ0v) is 13.3. The highest BCUT2D eigenvalue weighted by Crippen LogP contribution is 2.28. The van der Waals surface area contributed by atoms with E-state index in [0.717, 1.165) is 24.8 Å². The van der Waals surface area contributed by atoms with Gasteiger partial charge in [0.25, 0.3) is 0 Å². The number of carbonyl (C=O) groups excluding carboxylic acids is 1. The van der Waals surface area contributed by atoms with E-state index in [9.17, 15) is 13.2 Å². The summed E-state index contributed by atoms with van der Waals surface area (Å²) < 4.78 is 32.4. The molecule has 1 aromatic rings. The van der Waals surface area contributed by atoms with Gasteiger partial charge in [-0.1, -0.05) is 6.07 Å². The molecule has 1 saturated heterocycles. The second-order valence-electron chi connectivity index (χ2n) is 5.82. The quantitative estimate of drug-likeness (QED) is 0.873. The lowest BCUT2D eigenvalue weighted by Gasteiger charge is -2.36. The molecule has 1 heterocycles. The Kier molecular flexibility index (Phi) is 3.96. The lowest BCUT2D eigenvalue weighted by atomic mass is 10.1. The molecule has 0 saturated carbocycles. The molecule has 0 radical (unpaired) electrons. The summed E-state index contributed by atoms with van der Waals surface area (Å²) in [6.07, 6.45) is 2.40. The van der Waals surface area contributed by atoms with Crippen LogP contribution in [-0.4, -0.2) is 43.9 Å². The number of carbonyl (C=O) groups is 1. The average molecular weight is 324 g/mol. The maximum Gasteiger partial charge on any atom is 0.243 e. The molecule has 3 rings (SSSR count). The molecule has 1 aliphatic heterocycles. The van der Waals surface area contributed by atoms with Gasteiger partial charge in [0.05, 0.1) is 17.6 Å². The van der Waals surface area contributed by atoms with Gasteiger partial charge in [-0.05, 0) is 49.4 Å². The number of primary amides is 1. The van der Waals surface area contributed by atoms with E-state index in [1.807, 2.05) is 6.07 Å². The van der Waals surface area contributed by atoms with Crippen molar-refractivity contribution in [3.8, 4) is 0 Å². The highest BCUT2D eigenvalue weighted by molar-refractivity contribution is 7.89. The largest absolute Gasteiger partial charge is 0.375 e. The highest BCUT2D eigenvalue weighted by atomic mass is 32.2. The Labute approximate surface area is 130 Å². The highest BCUT2D eigenvalue weighted by Gasteiger charge is 2.41. The molecule has 120 valence electrons. The Bertz CT molecular complexity index is 701. The molecule has 1 aliphatic carbocycles. The van der Waals surface area contributed by atoms with Crippen molar-refractivity contribution in [1.82, 2.24) is 4.31 Å². The van der Waals surface area contributed by atoms with Crippen molar-refractivity contribution in [3.63, 3.8) is 0 Å². The minimum atomic E-state index is -3.76. The fraction of sp³-hybridized carbons (Fsp3) is 0.533. The summed E-state index contributed by atoms with van der Waals surface area (Å²) in [7, 11) is -3.76. The number of amides is 1. The number of nitrogens with zero attached hydrogens (tertiary/aromatic N) is 1. The summed E-state index contributed by atoms with van der Waals surface area (Å²) in [5.41, 5.74) is 7.68. The first-order chi connectivity index (χ1) is 10.4. The summed E-state index contributed by atoms with van der Waals surface area (Å²) in [6.45, 7) is 2.06. The normalized spacial score (nSPS) is 25.9. The monoisotopic (exact) mass is 324 g/mol. The molecular formula is C15H20N2O4S. The Hall–Kier alpha value is -1.44. The van der Waals surface area contributed by atoms with Gasteiger partial charge in [-0.25, -0.2) is 8.42 Å². The van der Waals surface area contributed by atoms with Crippen molar-refractivity contribution >= 4 is 15.9 Å². The van der Waals surface area contributed by atoms with Gasteiger partial charge in [0.2, 0.25) is 15.9 Å². The van der Waals surface area contributed by atoms with Crippen molar-refractivity contribution in [2.75, 3.05) is 13.2 Å². The molecule has 22 heavy (non-hydrogen) atoms. The molecule has 2 N–H and O–H groups in total. The maximum absolute atomic E-state index is 12.9. The van der Waals surface area contributed by atoms with E-state index < -0.39 is 28.1 Å². The van der Waals surface area contributed by atoms with E-state index in [-0.39, 0.29) is 18.0 Å². The first kappa shape index (κ1) is 15.5. The Morgan fingerprint density at radius 1 is 1.32 bits per heavy atom. The van der Waals surface area contributed by atoms with Crippen molar-refractivity contribution in [2.24, 2.45) is 5.73 Å². The van der Waals surface area contributed by atoms with Gasteiger partial charge in [0.15, 0.2) is 0 Å². The Balaban J connectivity index is 1.99. The molecule has 7 heteroatoms. The Morgan fingerprint density at radius 3 is 2.77 bits per heavy atom. The molecule has 0 aromatic heterocycles. The van der Waals surface area contributed by atoms with Crippen molar-refractivity contribution < 1.29 is 17.9 Å². The number of ether oxygens (including phenoxy) is 1. The number of benzene rings is 1. The van der Waals surface area contributed by atoms with Gasteiger partial charge < -0.3 is 10.5 Å². The van der Waals surface area contributed by atoms with Crippen LogP contribution in [0.4, 0.5) is 0 Å². The van der Waals surface area contributed by atoms with Crippen LogP contribution in [0.2, 0.25) is 0 Å². The molecular weight excluding hydrogens is 304 g/mol. The summed E-state index contributed by atoms with van der Waals surface area (Å²) in [5, 5.41) is 0. The summed E-state index contributed by atoms with van der Waals surface area (Å²) >= 11 is 0. The Morgan fingerprint density at radius 2 is 2.05 bits per heavy atom. The first-order valence-electron chi connectivity index (χ1n) is 7.46. The lowest BCUT2D eigenvalue weighted by molar-refractivity contribution is -0.130. The van der Waals surface area contributed by atoms with Gasteiger partial charge in [0, 0.05) is 6.54 Å². The molecule has 1 fully saturated rings. The summed E-state index contributed by atoms with van der Waals surface area (Å²) in [6, 6.07) is 4.26. The molecule has 0 bridgehead atoms. The minimum Gasteiger partial charge on any atom is -0.375 e.